The number of Topliss-reactive ketones (excluding diaryl/α,β-unsaturated/α-hetero) is 1. The lowest BCUT2D eigenvalue weighted by atomic mass is 10.0. The summed E-state index contributed by atoms with van der Waals surface area (Å²) in [5, 5.41) is 0. The first-order valence-electron chi connectivity index (χ1n) is 7.44. The van der Waals surface area contributed by atoms with Crippen molar-refractivity contribution < 1.29 is 4.79 Å². The Bertz CT molecular complexity index is 452. The topological polar surface area (TPSA) is 23.6 Å². The predicted molar refractivity (Wildman–Crippen MR) is 77.9 cm³/mol. The van der Waals surface area contributed by atoms with E-state index in [0.717, 1.165) is 24.3 Å². The quantitative estimate of drug-likeness (QED) is 0.829. The minimum atomic E-state index is 0.298. The van der Waals surface area contributed by atoms with Gasteiger partial charge in [-0.1, -0.05) is 12.1 Å². The van der Waals surface area contributed by atoms with Crippen molar-refractivity contribution in [3.63, 3.8) is 0 Å². The Morgan fingerprint density at radius 2 is 1.79 bits per heavy atom. The van der Waals surface area contributed by atoms with Gasteiger partial charge in [-0.05, 0) is 51.0 Å². The molecular weight excluding hydrogens is 236 g/mol. The van der Waals surface area contributed by atoms with Gasteiger partial charge in [0, 0.05) is 30.8 Å². The first-order valence-corrected chi connectivity index (χ1v) is 7.44. The number of likely N-dealkylation sites (tertiary alicyclic amines) is 1. The maximum Gasteiger partial charge on any atom is 0.166 e. The van der Waals surface area contributed by atoms with Gasteiger partial charge in [0.2, 0.25) is 0 Å². The number of hydrogen-bond donors (Lipinski definition) is 0. The van der Waals surface area contributed by atoms with Crippen LogP contribution in [0.3, 0.4) is 0 Å². The lowest BCUT2D eigenvalue weighted by Crippen LogP contribution is -2.34. The predicted octanol–water partition coefficient (Wildman–Crippen LogP) is 2.57. The highest BCUT2D eigenvalue weighted by molar-refractivity contribution is 6.03. The summed E-state index contributed by atoms with van der Waals surface area (Å²) in [7, 11) is 0. The Labute approximate surface area is 115 Å². The second kappa shape index (κ2) is 5.74. The van der Waals surface area contributed by atoms with Crippen molar-refractivity contribution in [2.75, 3.05) is 37.6 Å². The molecule has 3 heteroatoms. The van der Waals surface area contributed by atoms with E-state index in [1.807, 2.05) is 18.2 Å². The third-order valence-corrected chi connectivity index (χ3v) is 4.25. The van der Waals surface area contributed by atoms with Crippen molar-refractivity contribution in [2.45, 2.75) is 25.7 Å². The molecule has 2 heterocycles. The highest BCUT2D eigenvalue weighted by atomic mass is 16.1. The molecule has 1 fully saturated rings. The van der Waals surface area contributed by atoms with Gasteiger partial charge in [0.15, 0.2) is 5.78 Å². The number of carbonyl (C=O) groups is 1. The van der Waals surface area contributed by atoms with E-state index in [2.05, 4.69) is 15.9 Å². The summed E-state index contributed by atoms with van der Waals surface area (Å²) in [6, 6.07) is 8.04. The van der Waals surface area contributed by atoms with Crippen LogP contribution in [0.2, 0.25) is 0 Å². The molecule has 3 nitrogen and oxygen atoms in total. The maximum atomic E-state index is 11.9. The summed E-state index contributed by atoms with van der Waals surface area (Å²) in [4.78, 5) is 16.8. The van der Waals surface area contributed by atoms with Gasteiger partial charge in [-0.15, -0.1) is 0 Å². The summed E-state index contributed by atoms with van der Waals surface area (Å²) < 4.78 is 0. The standard InChI is InChI=1S/C16H22N2O/c19-16-8-13-18(15-7-2-1-6-14(15)16)12-5-11-17-9-3-4-10-17/h1-2,6-7H,3-5,8-13H2. The summed E-state index contributed by atoms with van der Waals surface area (Å²) in [6.07, 6.45) is 4.59. The van der Waals surface area contributed by atoms with Crippen LogP contribution in [0.25, 0.3) is 0 Å². The highest BCUT2D eigenvalue weighted by Crippen LogP contribution is 2.26. The monoisotopic (exact) mass is 258 g/mol. The molecule has 1 saturated heterocycles. The van der Waals surface area contributed by atoms with Crippen LogP contribution in [-0.4, -0.2) is 43.4 Å². The molecule has 102 valence electrons. The van der Waals surface area contributed by atoms with E-state index in [1.54, 1.807) is 0 Å². The zero-order valence-corrected chi connectivity index (χ0v) is 11.5. The molecule has 1 aromatic rings. The number of rotatable bonds is 4. The fourth-order valence-electron chi connectivity index (χ4n) is 3.20. The van der Waals surface area contributed by atoms with Crippen LogP contribution in [-0.2, 0) is 0 Å². The molecule has 0 saturated carbocycles. The zero-order valence-electron chi connectivity index (χ0n) is 11.5. The maximum absolute atomic E-state index is 11.9. The Kier molecular flexibility index (Phi) is 3.83. The SMILES string of the molecule is O=C1CCN(CCCN2CCCC2)c2ccccc21. The van der Waals surface area contributed by atoms with Gasteiger partial charge in [0.1, 0.15) is 0 Å². The van der Waals surface area contributed by atoms with Crippen molar-refractivity contribution in [3.8, 4) is 0 Å². The number of ketones is 1. The number of carbonyl (C=O) groups excluding carboxylic acids is 1. The fraction of sp³-hybridized carbons (Fsp3) is 0.562. The molecule has 0 unspecified atom stereocenters. The zero-order chi connectivity index (χ0) is 13.1. The summed E-state index contributed by atoms with van der Waals surface area (Å²) >= 11 is 0. The molecule has 2 aliphatic rings. The molecule has 19 heavy (non-hydrogen) atoms. The lowest BCUT2D eigenvalue weighted by molar-refractivity contribution is 0.0980. The number of anilines is 1. The van der Waals surface area contributed by atoms with Gasteiger partial charge in [-0.3, -0.25) is 4.79 Å². The number of hydrogen-bond acceptors (Lipinski definition) is 3. The number of benzene rings is 1. The van der Waals surface area contributed by atoms with E-state index >= 15 is 0 Å². The lowest BCUT2D eigenvalue weighted by Gasteiger charge is -2.31. The van der Waals surface area contributed by atoms with Gasteiger partial charge in [0.05, 0.1) is 0 Å². The van der Waals surface area contributed by atoms with E-state index in [-0.39, 0.29) is 0 Å². The average molecular weight is 258 g/mol. The largest absolute Gasteiger partial charge is 0.370 e. The molecule has 0 amide bonds. The van der Waals surface area contributed by atoms with Crippen LogP contribution in [0.1, 0.15) is 36.0 Å². The molecule has 2 aliphatic heterocycles. The minimum absolute atomic E-state index is 0.298. The van der Waals surface area contributed by atoms with E-state index in [0.29, 0.717) is 12.2 Å². The van der Waals surface area contributed by atoms with Crippen molar-refractivity contribution in [3.05, 3.63) is 29.8 Å². The molecule has 0 atom stereocenters. The second-order valence-electron chi connectivity index (χ2n) is 5.58. The second-order valence-corrected chi connectivity index (χ2v) is 5.58. The molecule has 0 aliphatic carbocycles. The normalized spacial score (nSPS) is 19.8. The molecule has 0 bridgehead atoms. The molecular formula is C16H22N2O. The van der Waals surface area contributed by atoms with Crippen LogP contribution < -0.4 is 4.90 Å². The van der Waals surface area contributed by atoms with E-state index < -0.39 is 0 Å². The molecule has 0 spiro atoms. The third kappa shape index (κ3) is 2.81. The van der Waals surface area contributed by atoms with E-state index in [9.17, 15) is 4.79 Å². The Balaban J connectivity index is 1.59. The Hall–Kier alpha value is -1.35. The third-order valence-electron chi connectivity index (χ3n) is 4.25. The van der Waals surface area contributed by atoms with Crippen LogP contribution in [0.15, 0.2) is 24.3 Å². The van der Waals surface area contributed by atoms with Crippen LogP contribution >= 0.6 is 0 Å². The first-order chi connectivity index (χ1) is 9.34. The number of para-hydroxylation sites is 1. The van der Waals surface area contributed by atoms with Gasteiger partial charge in [-0.2, -0.15) is 0 Å². The smallest absolute Gasteiger partial charge is 0.166 e. The van der Waals surface area contributed by atoms with Crippen molar-refractivity contribution >= 4 is 11.5 Å². The highest BCUT2D eigenvalue weighted by Gasteiger charge is 2.22. The minimum Gasteiger partial charge on any atom is -0.370 e. The van der Waals surface area contributed by atoms with Crippen LogP contribution in [0.4, 0.5) is 5.69 Å². The van der Waals surface area contributed by atoms with Gasteiger partial charge in [0.25, 0.3) is 0 Å². The first kappa shape index (κ1) is 12.7. The Morgan fingerprint density at radius 3 is 2.63 bits per heavy atom. The fourth-order valence-corrected chi connectivity index (χ4v) is 3.20. The molecule has 0 radical (unpaired) electrons. The van der Waals surface area contributed by atoms with Gasteiger partial charge < -0.3 is 9.80 Å². The van der Waals surface area contributed by atoms with Crippen molar-refractivity contribution in [1.29, 1.82) is 0 Å². The molecule has 3 rings (SSSR count). The summed E-state index contributed by atoms with van der Waals surface area (Å²) in [5.74, 6) is 0.298. The average Bonchev–Trinajstić information content (AvgIpc) is 2.95. The van der Waals surface area contributed by atoms with E-state index in [4.69, 9.17) is 0 Å². The van der Waals surface area contributed by atoms with Crippen molar-refractivity contribution in [1.82, 2.24) is 4.90 Å². The van der Waals surface area contributed by atoms with E-state index in [1.165, 1.54) is 38.9 Å². The van der Waals surface area contributed by atoms with Crippen LogP contribution in [0.5, 0.6) is 0 Å². The number of nitrogens with zero attached hydrogens (tertiary/aromatic N) is 2. The van der Waals surface area contributed by atoms with Crippen molar-refractivity contribution in [2.24, 2.45) is 0 Å². The molecule has 0 aromatic heterocycles. The van der Waals surface area contributed by atoms with Crippen LogP contribution in [0, 0.1) is 0 Å². The molecule has 0 N–H and O–H groups in total. The van der Waals surface area contributed by atoms with Gasteiger partial charge in [-0.25, -0.2) is 0 Å². The molecule has 1 aromatic carbocycles. The summed E-state index contributed by atoms with van der Waals surface area (Å²) in [5.41, 5.74) is 2.05. The number of fused-ring (bicyclic) bond motifs is 1. The Morgan fingerprint density at radius 1 is 1.00 bits per heavy atom. The van der Waals surface area contributed by atoms with Gasteiger partial charge >= 0.3 is 0 Å². The summed E-state index contributed by atoms with van der Waals surface area (Å²) in [6.45, 7) is 5.70.